The molecule has 0 saturated carbocycles. The second-order valence-corrected chi connectivity index (χ2v) is 14.0. The quantitative estimate of drug-likeness (QED) is 0.185. The van der Waals surface area contributed by atoms with Gasteiger partial charge in [-0.1, -0.05) is 141 Å². The minimum Gasteiger partial charge on any atom is -0.310 e. The van der Waals surface area contributed by atoms with E-state index in [9.17, 15) is 0 Å². The van der Waals surface area contributed by atoms with Crippen LogP contribution in [-0.2, 0) is 5.41 Å². The highest BCUT2D eigenvalue weighted by Gasteiger charge is 2.37. The average molecular weight is 620 g/mol. The Labute approximate surface area is 280 Å². The highest BCUT2D eigenvalue weighted by atomic mass is 32.1. The average Bonchev–Trinajstić information content (AvgIpc) is 3.62. The van der Waals surface area contributed by atoms with Crippen LogP contribution in [0.15, 0.2) is 164 Å². The Hall–Kier alpha value is -5.44. The monoisotopic (exact) mass is 619 g/mol. The molecule has 0 N–H and O–H groups in total. The molecule has 47 heavy (non-hydrogen) atoms. The smallest absolute Gasteiger partial charge is 0.0543 e. The van der Waals surface area contributed by atoms with Crippen LogP contribution < -0.4 is 4.90 Å². The summed E-state index contributed by atoms with van der Waals surface area (Å²) in [5.41, 5.74) is 13.8. The third-order valence-electron chi connectivity index (χ3n) is 9.90. The van der Waals surface area contributed by atoms with Crippen molar-refractivity contribution >= 4 is 48.6 Å². The second-order valence-electron chi connectivity index (χ2n) is 12.9. The fraction of sp³-hybridized carbons (Fsp3) is 0.0667. The molecule has 1 aliphatic carbocycles. The van der Waals surface area contributed by atoms with Crippen LogP contribution in [0, 0.1) is 0 Å². The van der Waals surface area contributed by atoms with Crippen LogP contribution in [0.5, 0.6) is 0 Å². The summed E-state index contributed by atoms with van der Waals surface area (Å²) in [6, 6.07) is 60.0. The number of anilines is 3. The van der Waals surface area contributed by atoms with E-state index in [-0.39, 0.29) is 5.41 Å². The predicted octanol–water partition coefficient (Wildman–Crippen LogP) is 13.2. The molecule has 0 radical (unpaired) electrons. The lowest BCUT2D eigenvalue weighted by molar-refractivity contribution is 0.660. The number of hydrogen-bond acceptors (Lipinski definition) is 2. The van der Waals surface area contributed by atoms with Gasteiger partial charge in [0, 0.05) is 42.5 Å². The maximum Gasteiger partial charge on any atom is 0.0543 e. The molecule has 7 aromatic carbocycles. The molecule has 0 bridgehead atoms. The Morgan fingerprint density at radius 1 is 0.447 bits per heavy atom. The lowest BCUT2D eigenvalue weighted by atomic mass is 9.82. The Morgan fingerprint density at radius 3 is 1.81 bits per heavy atom. The lowest BCUT2D eigenvalue weighted by Crippen LogP contribution is -2.16. The fourth-order valence-corrected chi connectivity index (χ4v) is 8.79. The molecule has 0 atom stereocenters. The highest BCUT2D eigenvalue weighted by molar-refractivity contribution is 7.26. The molecule has 0 amide bonds. The van der Waals surface area contributed by atoms with Gasteiger partial charge in [-0.15, -0.1) is 11.3 Å². The van der Waals surface area contributed by atoms with Crippen molar-refractivity contribution in [3.8, 4) is 33.4 Å². The summed E-state index contributed by atoms with van der Waals surface area (Å²) in [5, 5.41) is 2.66. The Morgan fingerprint density at radius 2 is 1.02 bits per heavy atom. The van der Waals surface area contributed by atoms with Crippen LogP contribution in [0.1, 0.15) is 25.0 Å². The molecule has 0 saturated heterocycles. The number of nitrogens with zero attached hydrogens (tertiary/aromatic N) is 1. The van der Waals surface area contributed by atoms with Gasteiger partial charge in [-0.2, -0.15) is 0 Å². The maximum atomic E-state index is 2.44. The molecule has 8 aromatic rings. The van der Waals surface area contributed by atoms with Gasteiger partial charge in [0.05, 0.1) is 5.69 Å². The summed E-state index contributed by atoms with van der Waals surface area (Å²) in [6.45, 7) is 4.70. The Bertz CT molecular complexity index is 2410. The third kappa shape index (κ3) is 4.44. The van der Waals surface area contributed by atoms with Gasteiger partial charge in [0.15, 0.2) is 0 Å². The van der Waals surface area contributed by atoms with Crippen LogP contribution in [0.2, 0.25) is 0 Å². The molecule has 1 heterocycles. The first-order valence-electron chi connectivity index (χ1n) is 16.3. The van der Waals surface area contributed by atoms with Crippen LogP contribution >= 0.6 is 11.3 Å². The SMILES string of the molecule is CC1(C)c2ccccc2-c2c(N(c3ccc(-c4ccccc4)cc3)c3ccc(-c4cccc5c4sc4ccccc45)cc3)cccc21. The van der Waals surface area contributed by atoms with Crippen molar-refractivity contribution in [3.63, 3.8) is 0 Å². The zero-order valence-corrected chi connectivity index (χ0v) is 27.3. The summed E-state index contributed by atoms with van der Waals surface area (Å²) in [6.07, 6.45) is 0. The van der Waals surface area contributed by atoms with Gasteiger partial charge < -0.3 is 4.90 Å². The van der Waals surface area contributed by atoms with E-state index < -0.39 is 0 Å². The van der Waals surface area contributed by atoms with Gasteiger partial charge in [0.2, 0.25) is 0 Å². The van der Waals surface area contributed by atoms with Gasteiger partial charge in [0.25, 0.3) is 0 Å². The van der Waals surface area contributed by atoms with Gasteiger partial charge in [-0.3, -0.25) is 0 Å². The third-order valence-corrected chi connectivity index (χ3v) is 11.1. The number of thiophene rings is 1. The van der Waals surface area contributed by atoms with E-state index in [1.165, 1.54) is 70.4 Å². The summed E-state index contributed by atoms with van der Waals surface area (Å²) in [5.74, 6) is 0. The molecule has 1 aliphatic rings. The maximum absolute atomic E-state index is 2.44. The number of rotatable bonds is 5. The molecule has 0 aliphatic heterocycles. The zero-order chi connectivity index (χ0) is 31.5. The first kappa shape index (κ1) is 27.8. The van der Waals surface area contributed by atoms with Crippen molar-refractivity contribution in [3.05, 3.63) is 175 Å². The van der Waals surface area contributed by atoms with Crippen LogP contribution in [-0.4, -0.2) is 0 Å². The number of fused-ring (bicyclic) bond motifs is 6. The lowest BCUT2D eigenvalue weighted by Gasteiger charge is -2.29. The molecular weight excluding hydrogens is 587 g/mol. The number of hydrogen-bond donors (Lipinski definition) is 0. The first-order valence-corrected chi connectivity index (χ1v) is 17.1. The first-order chi connectivity index (χ1) is 23.1. The molecule has 224 valence electrons. The Kier molecular flexibility index (Phi) is 6.41. The van der Waals surface area contributed by atoms with E-state index in [0.717, 1.165) is 11.4 Å². The predicted molar refractivity (Wildman–Crippen MR) is 202 cm³/mol. The van der Waals surface area contributed by atoms with E-state index in [0.29, 0.717) is 0 Å². The largest absolute Gasteiger partial charge is 0.310 e. The van der Waals surface area contributed by atoms with Crippen molar-refractivity contribution in [2.75, 3.05) is 4.90 Å². The van der Waals surface area contributed by atoms with Gasteiger partial charge >= 0.3 is 0 Å². The van der Waals surface area contributed by atoms with Crippen molar-refractivity contribution in [2.45, 2.75) is 19.3 Å². The minimum absolute atomic E-state index is 0.0719. The van der Waals surface area contributed by atoms with Crippen molar-refractivity contribution < 1.29 is 0 Å². The minimum atomic E-state index is -0.0719. The molecule has 0 spiro atoms. The van der Waals surface area contributed by atoms with E-state index >= 15 is 0 Å². The summed E-state index contributed by atoms with van der Waals surface area (Å²) >= 11 is 1.88. The Balaban J connectivity index is 1.21. The number of benzene rings is 7. The molecule has 1 aromatic heterocycles. The van der Waals surface area contributed by atoms with Crippen LogP contribution in [0.4, 0.5) is 17.1 Å². The van der Waals surface area contributed by atoms with E-state index in [2.05, 4.69) is 183 Å². The standard InChI is InChI=1S/C45H33NS/c1-45(2)39-18-8-6-15-38(39)43-40(45)19-11-20-41(43)46(33-26-22-31(23-27-33)30-12-4-3-5-13-30)34-28-24-32(25-29-34)35-16-10-17-37-36-14-7-9-21-42(36)47-44(35)37/h3-29H,1-2H3. The zero-order valence-electron chi connectivity index (χ0n) is 26.4. The van der Waals surface area contributed by atoms with Gasteiger partial charge in [-0.25, -0.2) is 0 Å². The molecule has 0 fully saturated rings. The van der Waals surface area contributed by atoms with Crippen LogP contribution in [0.3, 0.4) is 0 Å². The second kappa shape index (κ2) is 10.8. The van der Waals surface area contributed by atoms with E-state index in [1.54, 1.807) is 0 Å². The summed E-state index contributed by atoms with van der Waals surface area (Å²) in [7, 11) is 0. The molecule has 0 unspecified atom stereocenters. The summed E-state index contributed by atoms with van der Waals surface area (Å²) in [4.78, 5) is 2.44. The fourth-order valence-electron chi connectivity index (χ4n) is 7.55. The molecule has 1 nitrogen and oxygen atoms in total. The molecular formula is C45H33NS. The topological polar surface area (TPSA) is 3.24 Å². The van der Waals surface area contributed by atoms with E-state index in [4.69, 9.17) is 0 Å². The van der Waals surface area contributed by atoms with Crippen molar-refractivity contribution in [2.24, 2.45) is 0 Å². The van der Waals surface area contributed by atoms with Crippen LogP contribution in [0.25, 0.3) is 53.6 Å². The normalized spacial score (nSPS) is 13.1. The van der Waals surface area contributed by atoms with Gasteiger partial charge in [-0.05, 0) is 75.3 Å². The van der Waals surface area contributed by atoms with Gasteiger partial charge in [0.1, 0.15) is 0 Å². The van der Waals surface area contributed by atoms with E-state index in [1.807, 2.05) is 11.3 Å². The highest BCUT2D eigenvalue weighted by Crippen LogP contribution is 2.54. The van der Waals surface area contributed by atoms with Crippen molar-refractivity contribution in [1.29, 1.82) is 0 Å². The van der Waals surface area contributed by atoms with Crippen molar-refractivity contribution in [1.82, 2.24) is 0 Å². The summed E-state index contributed by atoms with van der Waals surface area (Å²) < 4.78 is 2.67. The molecule has 2 heteroatoms. The molecule has 9 rings (SSSR count).